The van der Waals surface area contributed by atoms with E-state index in [1.165, 1.54) is 6.07 Å². The molecule has 0 aliphatic rings. The van der Waals surface area contributed by atoms with Gasteiger partial charge in [0.25, 0.3) is 5.56 Å². The van der Waals surface area contributed by atoms with Crippen LogP contribution in [0.25, 0.3) is 10.9 Å². The van der Waals surface area contributed by atoms with Gasteiger partial charge in [-0.25, -0.2) is 0 Å². The van der Waals surface area contributed by atoms with Gasteiger partial charge in [0.05, 0.1) is 26.3 Å². The van der Waals surface area contributed by atoms with E-state index >= 15 is 0 Å². The number of hydrogen-bond acceptors (Lipinski definition) is 5. The van der Waals surface area contributed by atoms with Gasteiger partial charge in [-0.1, -0.05) is 12.1 Å². The van der Waals surface area contributed by atoms with Crippen molar-refractivity contribution in [3.8, 4) is 17.2 Å². The van der Waals surface area contributed by atoms with Crippen LogP contribution in [-0.4, -0.2) is 31.3 Å². The van der Waals surface area contributed by atoms with Crippen molar-refractivity contribution >= 4 is 22.5 Å². The number of ether oxygens (including phenoxy) is 3. The Labute approximate surface area is 168 Å². The quantitative estimate of drug-likeness (QED) is 0.591. The molecule has 0 aliphatic carbocycles. The number of rotatable bonds is 8. The predicted molar refractivity (Wildman–Crippen MR) is 112 cm³/mol. The van der Waals surface area contributed by atoms with E-state index in [1.54, 1.807) is 44.0 Å². The predicted octanol–water partition coefficient (Wildman–Crippen LogP) is 3.35. The van der Waals surface area contributed by atoms with E-state index in [2.05, 4.69) is 5.32 Å². The SMILES string of the molecule is COc1ccc(NC(=O)CCCOc2cc(=O)n(C)c3ccccc23)cc1OC. The average Bonchev–Trinajstić information content (AvgIpc) is 2.74. The number of amides is 1. The first-order chi connectivity index (χ1) is 14.0. The minimum absolute atomic E-state index is 0.130. The van der Waals surface area contributed by atoms with Gasteiger partial charge in [-0.3, -0.25) is 9.59 Å². The Hall–Kier alpha value is -3.48. The van der Waals surface area contributed by atoms with Crippen molar-refractivity contribution in [1.82, 2.24) is 4.57 Å². The second-order valence-corrected chi connectivity index (χ2v) is 6.49. The molecule has 0 saturated heterocycles. The lowest BCUT2D eigenvalue weighted by molar-refractivity contribution is -0.116. The molecule has 1 aromatic heterocycles. The maximum absolute atomic E-state index is 12.2. The summed E-state index contributed by atoms with van der Waals surface area (Å²) in [5.74, 6) is 1.55. The van der Waals surface area contributed by atoms with Crippen molar-refractivity contribution in [3.63, 3.8) is 0 Å². The number of hydrogen-bond donors (Lipinski definition) is 1. The van der Waals surface area contributed by atoms with Gasteiger partial charge in [0.15, 0.2) is 11.5 Å². The number of para-hydroxylation sites is 1. The molecule has 0 radical (unpaired) electrons. The van der Waals surface area contributed by atoms with Gasteiger partial charge in [-0.05, 0) is 30.7 Å². The largest absolute Gasteiger partial charge is 0.493 e. The second kappa shape index (κ2) is 9.14. The van der Waals surface area contributed by atoms with Gasteiger partial charge >= 0.3 is 0 Å². The molecule has 3 rings (SSSR count). The normalized spacial score (nSPS) is 10.6. The van der Waals surface area contributed by atoms with Crippen LogP contribution in [0, 0.1) is 0 Å². The molecular weight excluding hydrogens is 372 g/mol. The second-order valence-electron chi connectivity index (χ2n) is 6.49. The number of pyridine rings is 1. The zero-order chi connectivity index (χ0) is 20.8. The Bertz CT molecular complexity index is 1070. The van der Waals surface area contributed by atoms with Crippen LogP contribution in [0.1, 0.15) is 12.8 Å². The van der Waals surface area contributed by atoms with E-state index in [0.29, 0.717) is 36.0 Å². The van der Waals surface area contributed by atoms with Crippen molar-refractivity contribution < 1.29 is 19.0 Å². The maximum atomic E-state index is 12.2. The molecule has 1 heterocycles. The lowest BCUT2D eigenvalue weighted by Gasteiger charge is -2.12. The highest BCUT2D eigenvalue weighted by molar-refractivity contribution is 5.91. The molecule has 2 aromatic carbocycles. The van der Waals surface area contributed by atoms with Crippen LogP contribution in [-0.2, 0) is 11.8 Å². The number of carbonyl (C=O) groups excluding carboxylic acids is 1. The molecule has 0 atom stereocenters. The maximum Gasteiger partial charge on any atom is 0.254 e. The van der Waals surface area contributed by atoms with Crippen LogP contribution >= 0.6 is 0 Å². The molecule has 0 fully saturated rings. The topological polar surface area (TPSA) is 78.8 Å². The smallest absolute Gasteiger partial charge is 0.254 e. The summed E-state index contributed by atoms with van der Waals surface area (Å²) in [6.07, 6.45) is 0.805. The number of aromatic nitrogens is 1. The minimum Gasteiger partial charge on any atom is -0.493 e. The van der Waals surface area contributed by atoms with Crippen LogP contribution in [0.4, 0.5) is 5.69 Å². The highest BCUT2D eigenvalue weighted by Crippen LogP contribution is 2.29. The van der Waals surface area contributed by atoms with Gasteiger partial charge in [0, 0.05) is 36.7 Å². The molecule has 7 heteroatoms. The average molecular weight is 396 g/mol. The molecule has 0 bridgehead atoms. The number of benzene rings is 2. The molecule has 1 N–H and O–H groups in total. The van der Waals surface area contributed by atoms with E-state index in [9.17, 15) is 9.59 Å². The molecular formula is C22H24N2O5. The van der Waals surface area contributed by atoms with Crippen molar-refractivity contribution in [2.24, 2.45) is 7.05 Å². The van der Waals surface area contributed by atoms with Gasteiger partial charge in [-0.2, -0.15) is 0 Å². The van der Waals surface area contributed by atoms with Crippen molar-refractivity contribution in [2.45, 2.75) is 12.8 Å². The van der Waals surface area contributed by atoms with Crippen molar-refractivity contribution in [2.75, 3.05) is 26.1 Å². The first-order valence-corrected chi connectivity index (χ1v) is 9.27. The van der Waals surface area contributed by atoms with Crippen LogP contribution in [0.15, 0.2) is 53.3 Å². The van der Waals surface area contributed by atoms with Crippen LogP contribution in [0.3, 0.4) is 0 Å². The number of carbonyl (C=O) groups is 1. The summed E-state index contributed by atoms with van der Waals surface area (Å²) in [6.45, 7) is 0.330. The summed E-state index contributed by atoms with van der Waals surface area (Å²) < 4.78 is 17.8. The molecule has 3 aromatic rings. The summed E-state index contributed by atoms with van der Waals surface area (Å²) in [5.41, 5.74) is 1.30. The molecule has 0 unspecified atom stereocenters. The fraction of sp³-hybridized carbons (Fsp3) is 0.273. The van der Waals surface area contributed by atoms with E-state index < -0.39 is 0 Å². The van der Waals surface area contributed by atoms with Crippen molar-refractivity contribution in [3.05, 3.63) is 58.9 Å². The fourth-order valence-electron chi connectivity index (χ4n) is 3.05. The lowest BCUT2D eigenvalue weighted by atomic mass is 10.2. The number of aryl methyl sites for hydroxylation is 1. The summed E-state index contributed by atoms with van der Waals surface area (Å²) in [6, 6.07) is 14.2. The van der Waals surface area contributed by atoms with Gasteiger partial charge in [0.1, 0.15) is 5.75 Å². The fourth-order valence-corrected chi connectivity index (χ4v) is 3.05. The zero-order valence-electron chi connectivity index (χ0n) is 16.7. The molecule has 0 aliphatic heterocycles. The van der Waals surface area contributed by atoms with E-state index in [0.717, 1.165) is 10.9 Å². The first kappa shape index (κ1) is 20.3. The Morgan fingerprint density at radius 3 is 2.52 bits per heavy atom. The number of anilines is 1. The molecule has 152 valence electrons. The number of fused-ring (bicyclic) bond motifs is 1. The zero-order valence-corrected chi connectivity index (χ0v) is 16.7. The lowest BCUT2D eigenvalue weighted by Crippen LogP contribution is -2.17. The molecule has 29 heavy (non-hydrogen) atoms. The third-order valence-corrected chi connectivity index (χ3v) is 4.59. The first-order valence-electron chi connectivity index (χ1n) is 9.27. The Morgan fingerprint density at radius 1 is 1.00 bits per heavy atom. The van der Waals surface area contributed by atoms with Crippen LogP contribution < -0.4 is 25.1 Å². The number of methoxy groups -OCH3 is 2. The van der Waals surface area contributed by atoms with Crippen LogP contribution in [0.2, 0.25) is 0 Å². The molecule has 0 spiro atoms. The van der Waals surface area contributed by atoms with Gasteiger partial charge in [-0.15, -0.1) is 0 Å². The highest BCUT2D eigenvalue weighted by Gasteiger charge is 2.09. The van der Waals surface area contributed by atoms with Gasteiger partial charge in [0.2, 0.25) is 5.91 Å². The summed E-state index contributed by atoms with van der Waals surface area (Å²) in [7, 11) is 4.83. The standard InChI is InChI=1S/C22H24N2O5/c1-24-17-8-5-4-7-16(17)19(14-22(24)26)29-12-6-9-21(25)23-15-10-11-18(27-2)20(13-15)28-3/h4-5,7-8,10-11,13-14H,6,9,12H2,1-3H3,(H,23,25). The van der Waals surface area contributed by atoms with E-state index in [4.69, 9.17) is 14.2 Å². The third-order valence-electron chi connectivity index (χ3n) is 4.59. The van der Waals surface area contributed by atoms with Gasteiger partial charge < -0.3 is 24.1 Å². The molecule has 0 saturated carbocycles. The summed E-state index contributed by atoms with van der Waals surface area (Å²) >= 11 is 0. The van der Waals surface area contributed by atoms with Crippen LogP contribution in [0.5, 0.6) is 17.2 Å². The number of nitrogens with zero attached hydrogens (tertiary/aromatic N) is 1. The Balaban J connectivity index is 1.56. The van der Waals surface area contributed by atoms with E-state index in [1.807, 2.05) is 24.3 Å². The highest BCUT2D eigenvalue weighted by atomic mass is 16.5. The third kappa shape index (κ3) is 4.68. The molecule has 7 nitrogen and oxygen atoms in total. The monoisotopic (exact) mass is 396 g/mol. The number of nitrogens with one attached hydrogen (secondary N) is 1. The van der Waals surface area contributed by atoms with Crippen molar-refractivity contribution in [1.29, 1.82) is 0 Å². The van der Waals surface area contributed by atoms with E-state index in [-0.39, 0.29) is 17.9 Å². The minimum atomic E-state index is -0.134. The Morgan fingerprint density at radius 2 is 1.76 bits per heavy atom. The molecule has 1 amide bonds. The Kier molecular flexibility index (Phi) is 6.39. The summed E-state index contributed by atoms with van der Waals surface area (Å²) in [4.78, 5) is 24.3. The summed E-state index contributed by atoms with van der Waals surface area (Å²) in [5, 5.41) is 3.69.